The zero-order valence-corrected chi connectivity index (χ0v) is 13.0. The number of hydrogen-bond acceptors (Lipinski definition) is 4. The SMILES string of the molecule is CCCn1ccnc1CC(NCC)C1CN(C)CCO1. The smallest absolute Gasteiger partial charge is 0.110 e. The molecule has 0 amide bonds. The van der Waals surface area contributed by atoms with Crippen molar-refractivity contribution >= 4 is 0 Å². The summed E-state index contributed by atoms with van der Waals surface area (Å²) >= 11 is 0. The molecule has 2 atom stereocenters. The van der Waals surface area contributed by atoms with Crippen molar-refractivity contribution in [2.24, 2.45) is 0 Å². The van der Waals surface area contributed by atoms with Gasteiger partial charge in [0, 0.05) is 44.5 Å². The van der Waals surface area contributed by atoms with Crippen molar-refractivity contribution in [1.82, 2.24) is 19.8 Å². The molecule has 1 saturated heterocycles. The van der Waals surface area contributed by atoms with Gasteiger partial charge in [0.15, 0.2) is 0 Å². The number of imidazole rings is 1. The number of likely N-dealkylation sites (N-methyl/N-ethyl adjacent to an activating group) is 2. The lowest BCUT2D eigenvalue weighted by atomic mass is 10.0. The van der Waals surface area contributed by atoms with E-state index in [-0.39, 0.29) is 6.10 Å². The third kappa shape index (κ3) is 4.04. The fourth-order valence-corrected chi connectivity index (χ4v) is 2.82. The molecule has 1 N–H and O–H groups in total. The molecule has 1 aliphatic heterocycles. The van der Waals surface area contributed by atoms with Crippen LogP contribution in [0.25, 0.3) is 0 Å². The van der Waals surface area contributed by atoms with Crippen LogP contribution in [-0.2, 0) is 17.7 Å². The predicted octanol–water partition coefficient (Wildman–Crippen LogP) is 1.14. The van der Waals surface area contributed by atoms with Crippen molar-refractivity contribution in [1.29, 1.82) is 0 Å². The summed E-state index contributed by atoms with van der Waals surface area (Å²) in [5.74, 6) is 1.16. The minimum absolute atomic E-state index is 0.250. The van der Waals surface area contributed by atoms with Crippen LogP contribution >= 0.6 is 0 Å². The highest BCUT2D eigenvalue weighted by Gasteiger charge is 2.27. The summed E-state index contributed by atoms with van der Waals surface area (Å²) in [6.45, 7) is 9.20. The van der Waals surface area contributed by atoms with E-state index in [0.29, 0.717) is 6.04 Å². The van der Waals surface area contributed by atoms with E-state index in [2.05, 4.69) is 46.9 Å². The summed E-state index contributed by atoms with van der Waals surface area (Å²) in [4.78, 5) is 6.87. The van der Waals surface area contributed by atoms with Gasteiger partial charge in [0.1, 0.15) is 5.82 Å². The molecule has 0 saturated carbocycles. The van der Waals surface area contributed by atoms with E-state index in [0.717, 1.165) is 51.5 Å². The highest BCUT2D eigenvalue weighted by atomic mass is 16.5. The molecular weight excluding hydrogens is 252 g/mol. The number of hydrogen-bond donors (Lipinski definition) is 1. The van der Waals surface area contributed by atoms with Crippen molar-refractivity contribution in [2.45, 2.75) is 45.4 Å². The Morgan fingerprint density at radius 2 is 2.35 bits per heavy atom. The molecule has 1 aromatic heterocycles. The summed E-state index contributed by atoms with van der Waals surface area (Å²) in [6.07, 6.45) is 6.30. The van der Waals surface area contributed by atoms with Crippen molar-refractivity contribution < 1.29 is 4.74 Å². The lowest BCUT2D eigenvalue weighted by Gasteiger charge is -2.35. The van der Waals surface area contributed by atoms with Gasteiger partial charge in [-0.2, -0.15) is 0 Å². The lowest BCUT2D eigenvalue weighted by Crippen LogP contribution is -2.52. The summed E-state index contributed by atoms with van der Waals surface area (Å²) in [6, 6.07) is 0.334. The van der Waals surface area contributed by atoms with Gasteiger partial charge < -0.3 is 19.5 Å². The van der Waals surface area contributed by atoms with Crippen LogP contribution < -0.4 is 5.32 Å². The summed E-state index contributed by atoms with van der Waals surface area (Å²) < 4.78 is 8.23. The van der Waals surface area contributed by atoms with Crippen molar-refractivity contribution in [3.63, 3.8) is 0 Å². The van der Waals surface area contributed by atoms with Gasteiger partial charge in [-0.1, -0.05) is 13.8 Å². The molecule has 0 aromatic carbocycles. The Hall–Kier alpha value is -0.910. The highest BCUT2D eigenvalue weighted by Crippen LogP contribution is 2.12. The van der Waals surface area contributed by atoms with E-state index in [1.54, 1.807) is 0 Å². The van der Waals surface area contributed by atoms with E-state index in [9.17, 15) is 0 Å². The summed E-state index contributed by atoms with van der Waals surface area (Å²) in [5.41, 5.74) is 0. The summed E-state index contributed by atoms with van der Waals surface area (Å²) in [7, 11) is 2.16. The molecule has 114 valence electrons. The topological polar surface area (TPSA) is 42.3 Å². The molecule has 1 aromatic rings. The maximum Gasteiger partial charge on any atom is 0.110 e. The second kappa shape index (κ2) is 7.76. The van der Waals surface area contributed by atoms with Crippen LogP contribution in [0.2, 0.25) is 0 Å². The fourth-order valence-electron chi connectivity index (χ4n) is 2.82. The van der Waals surface area contributed by atoms with Gasteiger partial charge in [-0.05, 0) is 20.0 Å². The molecule has 0 bridgehead atoms. The van der Waals surface area contributed by atoms with Gasteiger partial charge >= 0.3 is 0 Å². The first-order valence-electron chi connectivity index (χ1n) is 7.78. The lowest BCUT2D eigenvalue weighted by molar-refractivity contribution is -0.0385. The Morgan fingerprint density at radius 1 is 1.50 bits per heavy atom. The molecule has 2 rings (SSSR count). The predicted molar refractivity (Wildman–Crippen MR) is 80.9 cm³/mol. The Morgan fingerprint density at radius 3 is 3.05 bits per heavy atom. The number of aryl methyl sites for hydroxylation is 1. The van der Waals surface area contributed by atoms with E-state index >= 15 is 0 Å². The molecule has 1 aliphatic rings. The van der Waals surface area contributed by atoms with Gasteiger partial charge in [-0.3, -0.25) is 0 Å². The minimum atomic E-state index is 0.250. The summed E-state index contributed by atoms with van der Waals surface area (Å²) in [5, 5.41) is 3.58. The van der Waals surface area contributed by atoms with Crippen LogP contribution in [0.3, 0.4) is 0 Å². The molecule has 5 heteroatoms. The maximum absolute atomic E-state index is 5.97. The molecule has 0 spiro atoms. The van der Waals surface area contributed by atoms with Crippen molar-refractivity contribution in [2.75, 3.05) is 33.3 Å². The van der Waals surface area contributed by atoms with Crippen LogP contribution in [-0.4, -0.2) is 59.9 Å². The van der Waals surface area contributed by atoms with Gasteiger partial charge in [-0.25, -0.2) is 4.98 Å². The normalized spacial score (nSPS) is 22.1. The van der Waals surface area contributed by atoms with Gasteiger partial charge in [0.25, 0.3) is 0 Å². The second-order valence-corrected chi connectivity index (χ2v) is 5.58. The monoisotopic (exact) mass is 280 g/mol. The van der Waals surface area contributed by atoms with E-state index in [1.807, 2.05) is 6.20 Å². The van der Waals surface area contributed by atoms with Crippen molar-refractivity contribution in [3.8, 4) is 0 Å². The molecular formula is C15H28N4O. The van der Waals surface area contributed by atoms with Crippen LogP contribution in [0.1, 0.15) is 26.1 Å². The zero-order chi connectivity index (χ0) is 14.4. The number of nitrogens with one attached hydrogen (secondary N) is 1. The highest BCUT2D eigenvalue weighted by molar-refractivity contribution is 4.98. The first kappa shape index (κ1) is 15.5. The van der Waals surface area contributed by atoms with Crippen LogP contribution in [0.5, 0.6) is 0 Å². The average molecular weight is 280 g/mol. The Balaban J connectivity index is 2.02. The largest absolute Gasteiger partial charge is 0.374 e. The molecule has 2 heterocycles. The zero-order valence-electron chi connectivity index (χ0n) is 13.0. The Bertz CT molecular complexity index is 393. The van der Waals surface area contributed by atoms with Crippen LogP contribution in [0.15, 0.2) is 12.4 Å². The van der Waals surface area contributed by atoms with Crippen molar-refractivity contribution in [3.05, 3.63) is 18.2 Å². The molecule has 5 nitrogen and oxygen atoms in total. The number of rotatable bonds is 7. The van der Waals surface area contributed by atoms with Crippen LogP contribution in [0.4, 0.5) is 0 Å². The average Bonchev–Trinajstić information content (AvgIpc) is 2.86. The number of ether oxygens (including phenoxy) is 1. The van der Waals surface area contributed by atoms with E-state index in [1.165, 1.54) is 0 Å². The van der Waals surface area contributed by atoms with E-state index < -0.39 is 0 Å². The first-order valence-corrected chi connectivity index (χ1v) is 7.78. The number of nitrogens with zero attached hydrogens (tertiary/aromatic N) is 3. The Kier molecular flexibility index (Phi) is 6.01. The number of morpholine rings is 1. The quantitative estimate of drug-likeness (QED) is 0.813. The third-order valence-corrected chi connectivity index (χ3v) is 3.88. The van der Waals surface area contributed by atoms with E-state index in [4.69, 9.17) is 4.74 Å². The van der Waals surface area contributed by atoms with Gasteiger partial charge in [0.05, 0.1) is 12.7 Å². The maximum atomic E-state index is 5.97. The van der Waals surface area contributed by atoms with Gasteiger partial charge in [-0.15, -0.1) is 0 Å². The number of aromatic nitrogens is 2. The fraction of sp³-hybridized carbons (Fsp3) is 0.800. The van der Waals surface area contributed by atoms with Crippen LogP contribution in [0, 0.1) is 0 Å². The van der Waals surface area contributed by atoms with Gasteiger partial charge in [0.2, 0.25) is 0 Å². The third-order valence-electron chi connectivity index (χ3n) is 3.88. The first-order chi connectivity index (χ1) is 9.74. The molecule has 0 aliphatic carbocycles. The second-order valence-electron chi connectivity index (χ2n) is 5.58. The molecule has 0 radical (unpaired) electrons. The minimum Gasteiger partial charge on any atom is -0.374 e. The Labute approximate surface area is 122 Å². The molecule has 20 heavy (non-hydrogen) atoms. The molecule has 1 fully saturated rings. The standard InChI is InChI=1S/C15H28N4O/c1-4-7-19-8-6-17-15(19)11-13(16-5-2)14-12-18(3)9-10-20-14/h6,8,13-14,16H,4-5,7,9-12H2,1-3H3. The molecule has 2 unspecified atom stereocenters.